The van der Waals surface area contributed by atoms with Crippen molar-refractivity contribution in [3.63, 3.8) is 0 Å². The summed E-state index contributed by atoms with van der Waals surface area (Å²) in [5.74, 6) is 1.32. The smallest absolute Gasteiger partial charge is 0.243 e. The molecule has 0 spiro atoms. The van der Waals surface area contributed by atoms with Crippen molar-refractivity contribution in [2.75, 3.05) is 26.4 Å². The molecule has 0 bridgehead atoms. The van der Waals surface area contributed by atoms with Gasteiger partial charge in [0.2, 0.25) is 26.8 Å². The first-order chi connectivity index (χ1) is 13.8. The van der Waals surface area contributed by atoms with Gasteiger partial charge in [-0.25, -0.2) is 21.6 Å². The molecule has 8 nitrogen and oxygen atoms in total. The molecule has 1 N–H and O–H groups in total. The first-order valence-corrected chi connectivity index (χ1v) is 12.2. The van der Waals surface area contributed by atoms with Crippen LogP contribution in [-0.4, -0.2) is 47.6 Å². The minimum Gasteiger partial charge on any atom is -0.454 e. The summed E-state index contributed by atoms with van der Waals surface area (Å²) in [5, 5.41) is 0. The molecule has 0 saturated carbocycles. The van der Waals surface area contributed by atoms with Crippen molar-refractivity contribution in [1.82, 2.24) is 9.03 Å². The van der Waals surface area contributed by atoms with E-state index in [0.29, 0.717) is 31.0 Å². The molecule has 0 radical (unpaired) electrons. The molecule has 0 fully saturated rings. The third kappa shape index (κ3) is 4.72. The SMILES string of the molecule is CCN(CC)S(=O)(=O)c1ccc(S(=O)(=O)NCCc2ccc3c(c2)OCO3)cc1. The minimum atomic E-state index is -3.75. The third-order valence-electron chi connectivity index (χ3n) is 4.62. The number of ether oxygens (including phenoxy) is 2. The Balaban J connectivity index is 1.65. The maximum absolute atomic E-state index is 12.5. The standard InChI is InChI=1S/C19H24N2O6S2/c1-3-21(4-2)29(24,25)17-8-6-16(7-9-17)28(22,23)20-12-11-15-5-10-18-19(13-15)27-14-26-18/h5-10,13,20H,3-4,11-12,14H2,1-2H3. The van der Waals surface area contributed by atoms with E-state index in [-0.39, 0.29) is 23.1 Å². The van der Waals surface area contributed by atoms with Gasteiger partial charge < -0.3 is 9.47 Å². The van der Waals surface area contributed by atoms with Crippen LogP contribution in [0.2, 0.25) is 0 Å². The lowest BCUT2D eigenvalue weighted by Gasteiger charge is -2.18. The van der Waals surface area contributed by atoms with Gasteiger partial charge in [0.05, 0.1) is 9.79 Å². The lowest BCUT2D eigenvalue weighted by Crippen LogP contribution is -2.30. The third-order valence-corrected chi connectivity index (χ3v) is 8.16. The van der Waals surface area contributed by atoms with Gasteiger partial charge in [-0.15, -0.1) is 0 Å². The average Bonchev–Trinajstić information content (AvgIpc) is 3.16. The number of nitrogens with one attached hydrogen (secondary N) is 1. The average molecular weight is 441 g/mol. The summed E-state index contributed by atoms with van der Waals surface area (Å²) in [6, 6.07) is 10.7. The maximum Gasteiger partial charge on any atom is 0.243 e. The largest absolute Gasteiger partial charge is 0.454 e. The number of sulfonamides is 2. The zero-order chi connectivity index (χ0) is 21.1. The first kappa shape index (κ1) is 21.6. The number of hydrogen-bond acceptors (Lipinski definition) is 6. The molecular weight excluding hydrogens is 416 g/mol. The van der Waals surface area contributed by atoms with Crippen LogP contribution >= 0.6 is 0 Å². The van der Waals surface area contributed by atoms with Gasteiger partial charge in [0.15, 0.2) is 11.5 Å². The molecular formula is C19H24N2O6S2. The van der Waals surface area contributed by atoms with Gasteiger partial charge in [-0.2, -0.15) is 4.31 Å². The van der Waals surface area contributed by atoms with Gasteiger partial charge in [0.25, 0.3) is 0 Å². The van der Waals surface area contributed by atoms with E-state index in [9.17, 15) is 16.8 Å². The Morgan fingerprint density at radius 2 is 1.52 bits per heavy atom. The molecule has 3 rings (SSSR count). The Hall–Kier alpha value is -2.14. The topological polar surface area (TPSA) is 102 Å². The molecule has 0 atom stereocenters. The second-order valence-corrected chi connectivity index (χ2v) is 10.1. The molecule has 1 aliphatic heterocycles. The molecule has 0 amide bonds. The van der Waals surface area contributed by atoms with Crippen LogP contribution in [-0.2, 0) is 26.5 Å². The predicted octanol–water partition coefficient (Wildman–Crippen LogP) is 1.97. The van der Waals surface area contributed by atoms with Gasteiger partial charge in [0.1, 0.15) is 0 Å². The normalized spacial score (nSPS) is 13.8. The second kappa shape index (κ2) is 8.70. The van der Waals surface area contributed by atoms with Gasteiger partial charge in [0, 0.05) is 19.6 Å². The molecule has 158 valence electrons. The molecule has 0 aromatic heterocycles. The molecule has 0 saturated heterocycles. The van der Waals surface area contributed by atoms with Crippen LogP contribution in [0.4, 0.5) is 0 Å². The van der Waals surface area contributed by atoms with Crippen molar-refractivity contribution in [2.24, 2.45) is 0 Å². The molecule has 2 aromatic carbocycles. The van der Waals surface area contributed by atoms with Crippen LogP contribution in [0.15, 0.2) is 52.3 Å². The van der Waals surface area contributed by atoms with E-state index >= 15 is 0 Å². The summed E-state index contributed by atoms with van der Waals surface area (Å²) < 4.78 is 64.4. The van der Waals surface area contributed by atoms with E-state index in [1.54, 1.807) is 19.9 Å². The molecule has 0 aliphatic carbocycles. The summed E-state index contributed by atoms with van der Waals surface area (Å²) in [5.41, 5.74) is 0.914. The van der Waals surface area contributed by atoms with Crippen molar-refractivity contribution < 1.29 is 26.3 Å². The summed E-state index contributed by atoms with van der Waals surface area (Å²) in [4.78, 5) is 0.0854. The van der Waals surface area contributed by atoms with Crippen LogP contribution in [0.5, 0.6) is 11.5 Å². The second-order valence-electron chi connectivity index (χ2n) is 6.40. The Kier molecular flexibility index (Phi) is 6.47. The monoisotopic (exact) mass is 440 g/mol. The highest BCUT2D eigenvalue weighted by molar-refractivity contribution is 7.89. The summed E-state index contributed by atoms with van der Waals surface area (Å²) in [7, 11) is -7.38. The number of nitrogens with zero attached hydrogens (tertiary/aromatic N) is 1. The van der Waals surface area contributed by atoms with Crippen molar-refractivity contribution >= 4 is 20.0 Å². The molecule has 1 heterocycles. The highest BCUT2D eigenvalue weighted by atomic mass is 32.2. The number of benzene rings is 2. The van der Waals surface area contributed by atoms with E-state index in [2.05, 4.69) is 4.72 Å². The summed E-state index contributed by atoms with van der Waals surface area (Å²) in [6.45, 7) is 4.58. The van der Waals surface area contributed by atoms with Gasteiger partial charge in [-0.3, -0.25) is 0 Å². The Morgan fingerprint density at radius 1 is 0.897 bits per heavy atom. The zero-order valence-corrected chi connectivity index (χ0v) is 17.9. The fraction of sp³-hybridized carbons (Fsp3) is 0.368. The van der Waals surface area contributed by atoms with E-state index in [1.807, 2.05) is 12.1 Å². The van der Waals surface area contributed by atoms with Crippen molar-refractivity contribution in [2.45, 2.75) is 30.1 Å². The summed E-state index contributed by atoms with van der Waals surface area (Å²) in [6.07, 6.45) is 0.476. The lowest BCUT2D eigenvalue weighted by molar-refractivity contribution is 0.174. The molecule has 29 heavy (non-hydrogen) atoms. The Bertz CT molecular complexity index is 1060. The van der Waals surface area contributed by atoms with Crippen LogP contribution in [0.3, 0.4) is 0 Å². The van der Waals surface area contributed by atoms with E-state index < -0.39 is 20.0 Å². The zero-order valence-electron chi connectivity index (χ0n) is 16.3. The van der Waals surface area contributed by atoms with Crippen molar-refractivity contribution in [1.29, 1.82) is 0 Å². The van der Waals surface area contributed by atoms with Crippen molar-refractivity contribution in [3.05, 3.63) is 48.0 Å². The lowest BCUT2D eigenvalue weighted by atomic mass is 10.1. The first-order valence-electron chi connectivity index (χ1n) is 9.26. The van der Waals surface area contributed by atoms with Gasteiger partial charge in [-0.1, -0.05) is 19.9 Å². The van der Waals surface area contributed by atoms with Crippen LogP contribution in [0.25, 0.3) is 0 Å². The number of rotatable bonds is 9. The fourth-order valence-electron chi connectivity index (χ4n) is 3.01. The van der Waals surface area contributed by atoms with E-state index in [4.69, 9.17) is 9.47 Å². The van der Waals surface area contributed by atoms with E-state index in [0.717, 1.165) is 5.56 Å². The number of fused-ring (bicyclic) bond motifs is 1. The Labute approximate surface area is 171 Å². The molecule has 1 aliphatic rings. The van der Waals surface area contributed by atoms with Crippen LogP contribution in [0.1, 0.15) is 19.4 Å². The molecule has 2 aromatic rings. The van der Waals surface area contributed by atoms with Gasteiger partial charge in [-0.05, 0) is 48.4 Å². The summed E-state index contributed by atoms with van der Waals surface area (Å²) >= 11 is 0. The Morgan fingerprint density at radius 3 is 2.17 bits per heavy atom. The highest BCUT2D eigenvalue weighted by Crippen LogP contribution is 2.32. The fourth-order valence-corrected chi connectivity index (χ4v) is 5.50. The predicted molar refractivity (Wildman–Crippen MR) is 108 cm³/mol. The van der Waals surface area contributed by atoms with Crippen LogP contribution in [0, 0.1) is 0 Å². The minimum absolute atomic E-state index is 0.0154. The maximum atomic E-state index is 12.5. The quantitative estimate of drug-likeness (QED) is 0.640. The highest BCUT2D eigenvalue weighted by Gasteiger charge is 2.22. The molecule has 0 unspecified atom stereocenters. The molecule has 10 heteroatoms. The van der Waals surface area contributed by atoms with Crippen molar-refractivity contribution in [3.8, 4) is 11.5 Å². The van der Waals surface area contributed by atoms with Crippen LogP contribution < -0.4 is 14.2 Å². The van der Waals surface area contributed by atoms with Gasteiger partial charge >= 0.3 is 0 Å². The number of hydrogen-bond donors (Lipinski definition) is 1. The van der Waals surface area contributed by atoms with E-state index in [1.165, 1.54) is 28.6 Å².